The standard InChI is InChI=1S/C36H27Cl3F4N4O5/c1-3-5-17-6-4-7-22(28(17)48)27-20-12-13-21-26(31(50)47(30(21)49)45(2)29-24(37)14-15-25(44-29)36(41,42)43)23(20)16-34(38)32(51)46(33(52)35(27,34)39)19-10-8-18(40)9-11-19/h3-4,6-12,14-15,21,23,26-27,48H,1,5,13,16H2,2H3. The third-order valence-corrected chi connectivity index (χ3v) is 12.1. The maximum Gasteiger partial charge on any atom is 0.433 e. The third-order valence-electron chi connectivity index (χ3n) is 10.4. The number of anilines is 2. The van der Waals surface area contributed by atoms with Gasteiger partial charge >= 0.3 is 6.18 Å². The molecule has 270 valence electrons. The number of halogens is 7. The molecule has 1 saturated carbocycles. The number of phenolic OH excluding ortho intramolecular Hbond substituents is 1. The van der Waals surface area contributed by atoms with Crippen LogP contribution in [0.5, 0.6) is 5.75 Å². The van der Waals surface area contributed by atoms with Gasteiger partial charge in [-0.2, -0.15) is 18.2 Å². The minimum Gasteiger partial charge on any atom is -0.507 e. The summed E-state index contributed by atoms with van der Waals surface area (Å²) in [6, 6.07) is 10.9. The number of hydrazine groups is 1. The molecule has 3 fully saturated rings. The lowest BCUT2D eigenvalue weighted by Gasteiger charge is -2.50. The van der Waals surface area contributed by atoms with Gasteiger partial charge in [-0.25, -0.2) is 14.3 Å². The lowest BCUT2D eigenvalue weighted by molar-refractivity contribution is -0.141. The number of alkyl halides is 5. The molecule has 6 atom stereocenters. The minimum absolute atomic E-state index is 0.0190. The number of benzene rings is 2. The van der Waals surface area contributed by atoms with Crippen LogP contribution in [0.25, 0.3) is 0 Å². The van der Waals surface area contributed by atoms with E-state index in [0.717, 1.165) is 28.1 Å². The van der Waals surface area contributed by atoms with E-state index in [1.165, 1.54) is 25.2 Å². The first kappa shape index (κ1) is 35.9. The van der Waals surface area contributed by atoms with Crippen molar-refractivity contribution in [2.75, 3.05) is 17.0 Å². The summed E-state index contributed by atoms with van der Waals surface area (Å²) in [5, 5.41) is 12.9. The highest BCUT2D eigenvalue weighted by molar-refractivity contribution is 6.58. The molecule has 2 aromatic carbocycles. The van der Waals surface area contributed by atoms with Gasteiger partial charge in [0.1, 0.15) is 17.3 Å². The summed E-state index contributed by atoms with van der Waals surface area (Å²) in [5.41, 5.74) is -0.412. The van der Waals surface area contributed by atoms with E-state index in [1.807, 2.05) is 0 Å². The summed E-state index contributed by atoms with van der Waals surface area (Å²) in [6.45, 7) is 3.72. The molecule has 1 N–H and O–H groups in total. The van der Waals surface area contributed by atoms with Gasteiger partial charge in [-0.05, 0) is 67.1 Å². The molecule has 7 rings (SSSR count). The van der Waals surface area contributed by atoms with Crippen LogP contribution >= 0.6 is 34.8 Å². The second-order valence-corrected chi connectivity index (χ2v) is 14.8. The molecule has 4 aliphatic rings. The molecule has 3 aromatic rings. The van der Waals surface area contributed by atoms with Crippen molar-refractivity contribution < 1.29 is 41.8 Å². The fraction of sp³-hybridized carbons (Fsp3) is 0.306. The predicted octanol–water partition coefficient (Wildman–Crippen LogP) is 6.94. The van der Waals surface area contributed by atoms with Crippen LogP contribution in [-0.2, 0) is 31.8 Å². The van der Waals surface area contributed by atoms with Crippen molar-refractivity contribution in [3.8, 4) is 5.75 Å². The molecule has 52 heavy (non-hydrogen) atoms. The van der Waals surface area contributed by atoms with E-state index in [-0.39, 0.29) is 34.9 Å². The van der Waals surface area contributed by atoms with Crippen molar-refractivity contribution in [3.05, 3.63) is 107 Å². The Morgan fingerprint density at radius 2 is 1.71 bits per heavy atom. The molecule has 9 nitrogen and oxygen atoms in total. The lowest BCUT2D eigenvalue weighted by Crippen LogP contribution is -2.60. The number of imide groups is 2. The van der Waals surface area contributed by atoms with Gasteiger partial charge in [-0.1, -0.05) is 47.5 Å². The molecule has 6 unspecified atom stereocenters. The largest absolute Gasteiger partial charge is 0.507 e. The number of rotatable bonds is 6. The summed E-state index contributed by atoms with van der Waals surface area (Å²) in [7, 11) is 1.18. The Morgan fingerprint density at radius 1 is 1.02 bits per heavy atom. The first-order chi connectivity index (χ1) is 24.5. The van der Waals surface area contributed by atoms with Gasteiger partial charge in [0.25, 0.3) is 23.6 Å². The number of allylic oxidation sites excluding steroid dienone is 3. The highest BCUT2D eigenvalue weighted by Crippen LogP contribution is 2.66. The first-order valence-corrected chi connectivity index (χ1v) is 17.1. The first-order valence-electron chi connectivity index (χ1n) is 16.0. The number of carbonyl (C=O) groups excluding carboxylic acids is 4. The van der Waals surface area contributed by atoms with E-state index in [1.54, 1.807) is 24.3 Å². The highest BCUT2D eigenvalue weighted by Gasteiger charge is 2.77. The van der Waals surface area contributed by atoms with Crippen molar-refractivity contribution in [1.29, 1.82) is 0 Å². The van der Waals surface area contributed by atoms with Crippen LogP contribution in [0.3, 0.4) is 0 Å². The summed E-state index contributed by atoms with van der Waals surface area (Å²) < 4.78 is 54.7. The Morgan fingerprint density at radius 3 is 2.37 bits per heavy atom. The third kappa shape index (κ3) is 4.99. The maximum atomic E-state index is 14.5. The SMILES string of the molecule is C=CCc1cccc(C2C3=CCC4C(=O)N(N(C)c5nc(C(F)(F)F)ccc5Cl)C(=O)C4C3CC3(Cl)C(=O)N(c4ccc(F)cc4)C(=O)C23Cl)c1O. The number of aromatic hydroxyl groups is 1. The van der Waals surface area contributed by atoms with Crippen LogP contribution in [0, 0.1) is 23.6 Å². The summed E-state index contributed by atoms with van der Waals surface area (Å²) in [4.78, 5) is 57.1. The Hall–Kier alpha value is -4.46. The predicted molar refractivity (Wildman–Crippen MR) is 183 cm³/mol. The average molecular weight is 778 g/mol. The normalized spacial score (nSPS) is 28.4. The summed E-state index contributed by atoms with van der Waals surface area (Å²) >= 11 is 20.9. The van der Waals surface area contributed by atoms with Gasteiger partial charge in [-0.15, -0.1) is 29.8 Å². The van der Waals surface area contributed by atoms with Crippen LogP contribution < -0.4 is 9.91 Å². The van der Waals surface area contributed by atoms with E-state index < -0.39 is 87.0 Å². The van der Waals surface area contributed by atoms with Gasteiger partial charge in [0.15, 0.2) is 15.6 Å². The molecule has 4 amide bonds. The van der Waals surface area contributed by atoms with Crippen molar-refractivity contribution in [2.45, 2.75) is 41.1 Å². The number of hydrogen-bond donors (Lipinski definition) is 1. The second kappa shape index (κ2) is 12.3. The van der Waals surface area contributed by atoms with E-state index in [2.05, 4.69) is 11.6 Å². The van der Waals surface area contributed by atoms with E-state index in [0.29, 0.717) is 22.2 Å². The van der Waals surface area contributed by atoms with Crippen molar-refractivity contribution in [3.63, 3.8) is 0 Å². The highest BCUT2D eigenvalue weighted by atomic mass is 35.5. The van der Waals surface area contributed by atoms with Crippen LogP contribution in [0.2, 0.25) is 5.02 Å². The fourth-order valence-corrected chi connectivity index (χ4v) is 9.25. The molecule has 0 radical (unpaired) electrons. The monoisotopic (exact) mass is 776 g/mol. The van der Waals surface area contributed by atoms with Crippen molar-refractivity contribution in [2.24, 2.45) is 17.8 Å². The Balaban J connectivity index is 1.37. The molecule has 2 aliphatic heterocycles. The van der Waals surface area contributed by atoms with Crippen molar-refractivity contribution >= 4 is 69.9 Å². The Bertz CT molecular complexity index is 2110. The molecule has 1 aromatic heterocycles. The smallest absolute Gasteiger partial charge is 0.433 e. The zero-order valence-corrected chi connectivity index (χ0v) is 29.3. The van der Waals surface area contributed by atoms with Crippen molar-refractivity contribution in [1.82, 2.24) is 9.99 Å². The number of fused-ring (bicyclic) bond motifs is 4. The van der Waals surface area contributed by atoms with E-state index >= 15 is 0 Å². The summed E-state index contributed by atoms with van der Waals surface area (Å²) in [5.74, 6) is -9.52. The number of amides is 4. The van der Waals surface area contributed by atoms with Gasteiger partial charge < -0.3 is 5.11 Å². The Labute approximate surface area is 309 Å². The van der Waals surface area contributed by atoms with Crippen LogP contribution in [0.1, 0.15) is 35.6 Å². The topological polar surface area (TPSA) is 111 Å². The second-order valence-electron chi connectivity index (χ2n) is 13.1. The number of carbonyl (C=O) groups is 4. The maximum absolute atomic E-state index is 14.5. The van der Waals surface area contributed by atoms with Crippen LogP contribution in [0.15, 0.2) is 78.9 Å². The number of aromatic nitrogens is 1. The summed E-state index contributed by atoms with van der Waals surface area (Å²) in [6.07, 6.45) is -1.93. The van der Waals surface area contributed by atoms with Crippen LogP contribution in [-0.4, -0.2) is 55.5 Å². The number of nitrogens with zero attached hydrogens (tertiary/aromatic N) is 4. The molecular formula is C36H27Cl3F4N4O5. The van der Waals surface area contributed by atoms with Crippen LogP contribution in [0.4, 0.5) is 29.1 Å². The average Bonchev–Trinajstić information content (AvgIpc) is 3.43. The molecule has 16 heteroatoms. The molecule has 2 aliphatic carbocycles. The number of para-hydroxylation sites is 1. The zero-order chi connectivity index (χ0) is 37.7. The van der Waals surface area contributed by atoms with Gasteiger partial charge in [0, 0.05) is 18.5 Å². The van der Waals surface area contributed by atoms with Gasteiger partial charge in [-0.3, -0.25) is 24.2 Å². The Kier molecular flexibility index (Phi) is 8.51. The molecular weight excluding hydrogens is 751 g/mol. The molecule has 3 heterocycles. The quantitative estimate of drug-likeness (QED) is 0.125. The van der Waals surface area contributed by atoms with Gasteiger partial charge in [0.05, 0.1) is 22.5 Å². The molecule has 0 bridgehead atoms. The fourth-order valence-electron chi connectivity index (χ4n) is 8.10. The minimum atomic E-state index is -4.85. The van der Waals surface area contributed by atoms with Gasteiger partial charge in [0.2, 0.25) is 0 Å². The number of pyridine rings is 1. The lowest BCUT2D eigenvalue weighted by atomic mass is 9.56. The van der Waals surface area contributed by atoms with E-state index in [4.69, 9.17) is 34.8 Å². The molecule has 2 saturated heterocycles. The number of hydrogen-bond acceptors (Lipinski definition) is 7. The zero-order valence-electron chi connectivity index (χ0n) is 27.0. The number of phenols is 1. The van der Waals surface area contributed by atoms with E-state index in [9.17, 15) is 41.8 Å². The molecule has 0 spiro atoms.